The van der Waals surface area contributed by atoms with E-state index in [1.807, 2.05) is 4.98 Å². The molecule has 10 N–H and O–H groups in total. The second kappa shape index (κ2) is 12.6. The fourth-order valence-corrected chi connectivity index (χ4v) is 2.85. The summed E-state index contributed by atoms with van der Waals surface area (Å²) in [5.74, 6) is 0. The Morgan fingerprint density at radius 1 is 1.15 bits per heavy atom. The van der Waals surface area contributed by atoms with Gasteiger partial charge in [0.25, 0.3) is 5.56 Å². The van der Waals surface area contributed by atoms with Crippen LogP contribution in [0, 0.1) is 0 Å². The molecule has 33 heavy (non-hydrogen) atoms. The Hall–Kier alpha value is -1.86. The van der Waals surface area contributed by atoms with E-state index in [2.05, 4.69) is 4.52 Å². The molecule has 0 aliphatic carbocycles. The third kappa shape index (κ3) is 8.45. The van der Waals surface area contributed by atoms with Crippen molar-refractivity contribution in [3.63, 3.8) is 0 Å². The van der Waals surface area contributed by atoms with E-state index in [0.717, 1.165) is 16.8 Å². The van der Waals surface area contributed by atoms with Crippen molar-refractivity contribution in [2.24, 2.45) is 0 Å². The first-order valence-corrected chi connectivity index (χ1v) is 10.6. The van der Waals surface area contributed by atoms with Gasteiger partial charge >= 0.3 is 13.5 Å². The molecule has 18 heteroatoms. The number of hydrogen-bond donors (Lipinski definition) is 10. The average Bonchev–Trinajstić information content (AvgIpc) is 3.04. The number of nitrogens with one attached hydrogen (secondary N) is 1. The largest absolute Gasteiger partial charge is 0.469 e. The highest BCUT2D eigenvalue weighted by Crippen LogP contribution is 2.38. The highest BCUT2D eigenvalue weighted by molar-refractivity contribution is 7.46. The molecular weight excluding hydrogens is 479 g/mol. The zero-order valence-corrected chi connectivity index (χ0v) is 17.5. The number of nitrogens with zero attached hydrogens (tertiary/aromatic N) is 1. The number of carbonyl (C=O) groups excluding carboxylic acids is 1. The zero-order valence-electron chi connectivity index (χ0n) is 16.6. The van der Waals surface area contributed by atoms with E-state index in [1.165, 1.54) is 0 Å². The second-order valence-electron chi connectivity index (χ2n) is 6.71. The van der Waals surface area contributed by atoms with Gasteiger partial charge in [-0.15, -0.1) is 0 Å². The van der Waals surface area contributed by atoms with Gasteiger partial charge in [0, 0.05) is 12.3 Å². The molecular formula is C15H25N2O15P. The summed E-state index contributed by atoms with van der Waals surface area (Å²) in [6, 6.07) is 1.02. The van der Waals surface area contributed by atoms with E-state index in [4.69, 9.17) is 40.1 Å². The monoisotopic (exact) mass is 504 g/mol. The minimum absolute atomic E-state index is 0.0258. The molecule has 8 atom stereocenters. The quantitative estimate of drug-likeness (QED) is 0.111. The maximum absolute atomic E-state index is 11.6. The molecule has 1 aromatic heterocycles. The average molecular weight is 504 g/mol. The number of aliphatic hydroxyl groups excluding tert-OH is 7. The van der Waals surface area contributed by atoms with Gasteiger partial charge in [-0.05, 0) is 0 Å². The highest BCUT2D eigenvalue weighted by atomic mass is 31.2. The minimum Gasteiger partial charge on any atom is -0.394 e. The van der Waals surface area contributed by atoms with Crippen LogP contribution in [0.4, 0.5) is 0 Å². The number of carbonyl (C=O) groups is 1. The lowest BCUT2D eigenvalue weighted by atomic mass is 10.0. The Labute approximate surface area is 184 Å². The van der Waals surface area contributed by atoms with Crippen LogP contribution in [-0.2, 0) is 18.6 Å². The molecule has 0 amide bonds. The summed E-state index contributed by atoms with van der Waals surface area (Å²) < 4.78 is 20.8. The topological polar surface area (TPSA) is 290 Å². The van der Waals surface area contributed by atoms with Crippen LogP contribution in [0.1, 0.15) is 6.23 Å². The predicted octanol–water partition coefficient (Wildman–Crippen LogP) is -6.11. The van der Waals surface area contributed by atoms with Crippen molar-refractivity contribution in [2.45, 2.75) is 49.0 Å². The highest BCUT2D eigenvalue weighted by Gasteiger charge is 2.44. The summed E-state index contributed by atoms with van der Waals surface area (Å²) in [6.45, 7) is -1.44. The molecule has 1 aliphatic rings. The number of H-pyrrole nitrogens is 1. The molecule has 0 spiro atoms. The molecule has 190 valence electrons. The fraction of sp³-hybridized carbons (Fsp3) is 0.667. The predicted molar refractivity (Wildman–Crippen MR) is 102 cm³/mol. The summed E-state index contributed by atoms with van der Waals surface area (Å²) in [7, 11) is -4.76. The van der Waals surface area contributed by atoms with Crippen LogP contribution >= 0.6 is 7.82 Å². The van der Waals surface area contributed by atoms with Crippen LogP contribution in [0.2, 0.25) is 0 Å². The lowest BCUT2D eigenvalue weighted by Gasteiger charge is -2.22. The van der Waals surface area contributed by atoms with E-state index in [-0.39, 0.29) is 6.29 Å². The molecule has 0 radical (unpaired) electrons. The third-order valence-electron chi connectivity index (χ3n) is 4.29. The van der Waals surface area contributed by atoms with Gasteiger partial charge in [-0.1, -0.05) is 0 Å². The maximum atomic E-state index is 11.6. The van der Waals surface area contributed by atoms with Gasteiger partial charge in [0.2, 0.25) is 0 Å². The summed E-state index contributed by atoms with van der Waals surface area (Å²) in [5.41, 5.74) is -1.51. The number of rotatable bonds is 9. The van der Waals surface area contributed by atoms with Gasteiger partial charge in [-0.25, -0.2) is 9.36 Å². The van der Waals surface area contributed by atoms with Crippen molar-refractivity contribution in [1.29, 1.82) is 0 Å². The van der Waals surface area contributed by atoms with Gasteiger partial charge in [0.15, 0.2) is 12.5 Å². The zero-order chi connectivity index (χ0) is 25.5. The van der Waals surface area contributed by atoms with Crippen molar-refractivity contribution in [2.75, 3.05) is 13.2 Å². The Balaban J connectivity index is 0.000000389. The van der Waals surface area contributed by atoms with Crippen LogP contribution in [-0.4, -0.2) is 117 Å². The summed E-state index contributed by atoms with van der Waals surface area (Å²) in [4.78, 5) is 51.5. The van der Waals surface area contributed by atoms with E-state index in [1.54, 1.807) is 0 Å². The summed E-state index contributed by atoms with van der Waals surface area (Å²) in [6.07, 6.45) is -11.4. The fourth-order valence-electron chi connectivity index (χ4n) is 2.51. The summed E-state index contributed by atoms with van der Waals surface area (Å²) in [5, 5.41) is 63.1. The molecule has 1 fully saturated rings. The smallest absolute Gasteiger partial charge is 0.394 e. The van der Waals surface area contributed by atoms with Crippen LogP contribution in [0.25, 0.3) is 0 Å². The molecule has 0 aromatic carbocycles. The molecule has 0 bridgehead atoms. The van der Waals surface area contributed by atoms with Gasteiger partial charge in [-0.2, -0.15) is 0 Å². The number of aromatic amines is 1. The molecule has 1 aromatic rings. The number of phosphoric ester groups is 1. The number of aromatic nitrogens is 2. The number of phosphoric acid groups is 1. The minimum atomic E-state index is -4.76. The first-order valence-electron chi connectivity index (χ1n) is 9.05. The Bertz CT molecular complexity index is 915. The van der Waals surface area contributed by atoms with Crippen LogP contribution in [0.3, 0.4) is 0 Å². The Morgan fingerprint density at radius 3 is 2.24 bits per heavy atom. The molecule has 1 aliphatic heterocycles. The van der Waals surface area contributed by atoms with Crippen molar-refractivity contribution in [3.05, 3.63) is 33.1 Å². The third-order valence-corrected chi connectivity index (χ3v) is 4.78. The molecule has 4 unspecified atom stereocenters. The normalized spacial score (nSPS) is 26.6. The van der Waals surface area contributed by atoms with E-state index < -0.39 is 81.2 Å². The molecule has 1 saturated heterocycles. The second-order valence-corrected chi connectivity index (χ2v) is 7.95. The van der Waals surface area contributed by atoms with Crippen molar-refractivity contribution >= 4 is 14.1 Å². The Morgan fingerprint density at radius 2 is 1.76 bits per heavy atom. The van der Waals surface area contributed by atoms with E-state index in [0.29, 0.717) is 0 Å². The van der Waals surface area contributed by atoms with E-state index >= 15 is 0 Å². The van der Waals surface area contributed by atoms with Gasteiger partial charge in [-0.3, -0.25) is 18.9 Å². The SMILES string of the molecule is O=CC(O)C(O)C(O)C(O)CO.O=c1ccn([C@@H]2O[C@H](COP(=O)(O)O)[C@@H](O)[C@H]2O)c(=O)[nH]1. The molecule has 0 saturated carbocycles. The number of ether oxygens (including phenoxy) is 1. The van der Waals surface area contributed by atoms with Gasteiger partial charge in [0.05, 0.1) is 13.2 Å². The van der Waals surface area contributed by atoms with Crippen LogP contribution in [0.15, 0.2) is 21.9 Å². The first-order chi connectivity index (χ1) is 15.2. The molecule has 2 heterocycles. The van der Waals surface area contributed by atoms with Crippen LogP contribution < -0.4 is 11.2 Å². The van der Waals surface area contributed by atoms with Crippen LogP contribution in [0.5, 0.6) is 0 Å². The Kier molecular flexibility index (Phi) is 11.1. The lowest BCUT2D eigenvalue weighted by Crippen LogP contribution is -2.46. The van der Waals surface area contributed by atoms with E-state index in [9.17, 15) is 29.2 Å². The van der Waals surface area contributed by atoms with Crippen molar-refractivity contribution < 1.29 is 64.2 Å². The summed E-state index contributed by atoms with van der Waals surface area (Å²) >= 11 is 0. The lowest BCUT2D eigenvalue weighted by molar-refractivity contribution is -0.136. The van der Waals surface area contributed by atoms with Crippen molar-refractivity contribution in [1.82, 2.24) is 9.55 Å². The standard InChI is InChI=1S/C9H13N2O9P.C6H12O6/c12-5-1-2-11(9(15)10-5)8-7(14)6(13)4(20-8)3-19-21(16,17)18;7-1-3(9)5(11)6(12)4(10)2-8/h1-2,4,6-8,13-14H,3H2,(H,10,12,15)(H2,16,17,18);1,3-6,8-12H,2H2/t4-,6-,7-,8-;/m1./s1. The number of aliphatic hydroxyl groups is 7. The number of hydrogen-bond acceptors (Lipinski definition) is 13. The first kappa shape index (κ1) is 29.2. The molecule has 2 rings (SSSR count). The maximum Gasteiger partial charge on any atom is 0.469 e. The van der Waals surface area contributed by atoms with Crippen molar-refractivity contribution in [3.8, 4) is 0 Å². The van der Waals surface area contributed by atoms with Gasteiger partial charge < -0.3 is 55.1 Å². The molecule has 17 nitrogen and oxygen atoms in total. The number of aldehydes is 1. The van der Waals surface area contributed by atoms with Gasteiger partial charge in [0.1, 0.15) is 42.7 Å².